The topological polar surface area (TPSA) is 46.2 Å². The molecule has 3 aromatic rings. The zero-order chi connectivity index (χ0) is 18.7. The Morgan fingerprint density at radius 1 is 0.731 bits per heavy atom. The lowest BCUT2D eigenvalue weighted by atomic mass is 10.1. The summed E-state index contributed by atoms with van der Waals surface area (Å²) < 4.78 is 66.6. The van der Waals surface area contributed by atoms with E-state index in [-0.39, 0.29) is 5.69 Å². The van der Waals surface area contributed by atoms with Crippen molar-refractivity contribution in [1.82, 2.24) is 0 Å². The molecule has 0 fully saturated rings. The summed E-state index contributed by atoms with van der Waals surface area (Å²) in [7, 11) is -4.39. The standard InChI is InChI=1S/C19H14F3NO2S/c20-16-10-11-17(19(22)18(16)21)26(24,25)23-15-8-6-14(7-9-15)12-13-4-2-1-3-5-13/h1-11,23H,12H2. The van der Waals surface area contributed by atoms with Gasteiger partial charge in [0.05, 0.1) is 0 Å². The quantitative estimate of drug-likeness (QED) is 0.666. The second-order valence-corrected chi connectivity index (χ2v) is 7.29. The molecule has 0 radical (unpaired) electrons. The Balaban J connectivity index is 1.79. The van der Waals surface area contributed by atoms with Crippen LogP contribution < -0.4 is 4.72 Å². The van der Waals surface area contributed by atoms with E-state index in [1.165, 1.54) is 12.1 Å². The van der Waals surface area contributed by atoms with Gasteiger partial charge in [-0.05, 0) is 41.8 Å². The van der Waals surface area contributed by atoms with Crippen molar-refractivity contribution in [2.24, 2.45) is 0 Å². The molecule has 0 atom stereocenters. The average Bonchev–Trinajstić information content (AvgIpc) is 2.62. The number of sulfonamides is 1. The van der Waals surface area contributed by atoms with Crippen molar-refractivity contribution in [3.05, 3.63) is 95.3 Å². The lowest BCUT2D eigenvalue weighted by Gasteiger charge is -2.10. The van der Waals surface area contributed by atoms with Crippen LogP contribution in [0.2, 0.25) is 0 Å². The Bertz CT molecular complexity index is 1020. The van der Waals surface area contributed by atoms with Gasteiger partial charge in [0.1, 0.15) is 4.90 Å². The van der Waals surface area contributed by atoms with E-state index in [2.05, 4.69) is 4.72 Å². The van der Waals surface area contributed by atoms with Gasteiger partial charge in [0.15, 0.2) is 17.5 Å². The van der Waals surface area contributed by atoms with Crippen molar-refractivity contribution in [3.8, 4) is 0 Å². The molecule has 0 aliphatic heterocycles. The Kier molecular flexibility index (Phi) is 4.99. The highest BCUT2D eigenvalue weighted by atomic mass is 32.2. The summed E-state index contributed by atoms with van der Waals surface area (Å²) >= 11 is 0. The molecule has 0 unspecified atom stereocenters. The molecule has 0 aliphatic carbocycles. The van der Waals surface area contributed by atoms with Crippen molar-refractivity contribution in [2.45, 2.75) is 11.3 Å². The molecule has 3 nitrogen and oxygen atoms in total. The number of hydrogen-bond donors (Lipinski definition) is 1. The van der Waals surface area contributed by atoms with Crippen molar-refractivity contribution < 1.29 is 21.6 Å². The first-order valence-electron chi connectivity index (χ1n) is 7.66. The predicted molar refractivity (Wildman–Crippen MR) is 92.8 cm³/mol. The number of anilines is 1. The van der Waals surface area contributed by atoms with Gasteiger partial charge in [-0.25, -0.2) is 21.6 Å². The van der Waals surface area contributed by atoms with Crippen LogP contribution in [0.15, 0.2) is 71.6 Å². The number of benzene rings is 3. The van der Waals surface area contributed by atoms with Crippen LogP contribution in [-0.4, -0.2) is 8.42 Å². The Hall–Kier alpha value is -2.80. The van der Waals surface area contributed by atoms with Crippen molar-refractivity contribution in [3.63, 3.8) is 0 Å². The second kappa shape index (κ2) is 7.21. The van der Waals surface area contributed by atoms with E-state index in [0.29, 0.717) is 18.6 Å². The molecule has 1 N–H and O–H groups in total. The van der Waals surface area contributed by atoms with Crippen molar-refractivity contribution in [2.75, 3.05) is 4.72 Å². The van der Waals surface area contributed by atoms with E-state index < -0.39 is 32.4 Å². The second-order valence-electron chi connectivity index (χ2n) is 5.64. The third kappa shape index (κ3) is 3.88. The molecule has 0 saturated carbocycles. The predicted octanol–water partition coefficient (Wildman–Crippen LogP) is 4.50. The van der Waals surface area contributed by atoms with E-state index in [1.807, 2.05) is 30.3 Å². The average molecular weight is 377 g/mol. The van der Waals surface area contributed by atoms with E-state index >= 15 is 0 Å². The number of nitrogens with one attached hydrogen (secondary N) is 1. The number of halogens is 3. The fourth-order valence-corrected chi connectivity index (χ4v) is 3.58. The highest BCUT2D eigenvalue weighted by molar-refractivity contribution is 7.92. The highest BCUT2D eigenvalue weighted by Gasteiger charge is 2.24. The van der Waals surface area contributed by atoms with E-state index in [4.69, 9.17) is 0 Å². The summed E-state index contributed by atoms with van der Waals surface area (Å²) in [6, 6.07) is 17.5. The van der Waals surface area contributed by atoms with Crippen LogP contribution in [0.4, 0.5) is 18.9 Å². The fraction of sp³-hybridized carbons (Fsp3) is 0.0526. The molecule has 0 heterocycles. The third-order valence-corrected chi connectivity index (χ3v) is 5.15. The molecule has 0 spiro atoms. The maximum Gasteiger partial charge on any atom is 0.264 e. The van der Waals surface area contributed by atoms with Gasteiger partial charge >= 0.3 is 0 Å². The maximum atomic E-state index is 13.7. The minimum atomic E-state index is -4.39. The van der Waals surface area contributed by atoms with Gasteiger partial charge < -0.3 is 0 Å². The largest absolute Gasteiger partial charge is 0.280 e. The minimum absolute atomic E-state index is 0.186. The molecule has 0 amide bonds. The lowest BCUT2D eigenvalue weighted by Crippen LogP contribution is -2.15. The molecule has 7 heteroatoms. The molecule has 3 aromatic carbocycles. The fourth-order valence-electron chi connectivity index (χ4n) is 2.45. The molecular weight excluding hydrogens is 363 g/mol. The van der Waals surface area contributed by atoms with Crippen LogP contribution in [0.1, 0.15) is 11.1 Å². The van der Waals surface area contributed by atoms with Crippen LogP contribution in [0.3, 0.4) is 0 Å². The first kappa shape index (κ1) is 18.0. The van der Waals surface area contributed by atoms with E-state index in [0.717, 1.165) is 11.1 Å². The molecule has 0 bridgehead atoms. The third-order valence-electron chi connectivity index (χ3n) is 3.75. The number of hydrogen-bond acceptors (Lipinski definition) is 2. The monoisotopic (exact) mass is 377 g/mol. The molecular formula is C19H14F3NO2S. The first-order valence-corrected chi connectivity index (χ1v) is 9.14. The Morgan fingerprint density at radius 2 is 1.35 bits per heavy atom. The molecule has 0 aromatic heterocycles. The van der Waals surface area contributed by atoms with Crippen molar-refractivity contribution in [1.29, 1.82) is 0 Å². The molecule has 26 heavy (non-hydrogen) atoms. The maximum absolute atomic E-state index is 13.7. The van der Waals surface area contributed by atoms with Gasteiger partial charge in [-0.2, -0.15) is 0 Å². The van der Waals surface area contributed by atoms with Crippen LogP contribution in [0, 0.1) is 17.5 Å². The molecule has 134 valence electrons. The lowest BCUT2D eigenvalue weighted by molar-refractivity contribution is 0.432. The molecule has 0 aliphatic rings. The van der Waals surface area contributed by atoms with E-state index in [1.54, 1.807) is 12.1 Å². The van der Waals surface area contributed by atoms with Gasteiger partial charge in [-0.3, -0.25) is 4.72 Å². The van der Waals surface area contributed by atoms with Crippen LogP contribution in [0.5, 0.6) is 0 Å². The minimum Gasteiger partial charge on any atom is -0.280 e. The Labute approximate surface area is 149 Å². The highest BCUT2D eigenvalue weighted by Crippen LogP contribution is 2.23. The van der Waals surface area contributed by atoms with Gasteiger partial charge in [0.2, 0.25) is 0 Å². The van der Waals surface area contributed by atoms with Gasteiger partial charge in [0, 0.05) is 5.69 Å². The van der Waals surface area contributed by atoms with Crippen LogP contribution in [0.25, 0.3) is 0 Å². The SMILES string of the molecule is O=S(=O)(Nc1ccc(Cc2ccccc2)cc1)c1ccc(F)c(F)c1F. The molecule has 3 rings (SSSR count). The normalized spacial score (nSPS) is 11.3. The zero-order valence-electron chi connectivity index (χ0n) is 13.4. The summed E-state index contributed by atoms with van der Waals surface area (Å²) in [6.07, 6.45) is 0.672. The van der Waals surface area contributed by atoms with E-state index in [9.17, 15) is 21.6 Å². The smallest absolute Gasteiger partial charge is 0.264 e. The zero-order valence-corrected chi connectivity index (χ0v) is 14.2. The summed E-state index contributed by atoms with van der Waals surface area (Å²) in [5, 5.41) is 0. The molecule has 0 saturated heterocycles. The summed E-state index contributed by atoms with van der Waals surface area (Å²) in [5.41, 5.74) is 2.24. The summed E-state index contributed by atoms with van der Waals surface area (Å²) in [6.45, 7) is 0. The van der Waals surface area contributed by atoms with Crippen LogP contribution in [-0.2, 0) is 16.4 Å². The van der Waals surface area contributed by atoms with Gasteiger partial charge in [-0.1, -0.05) is 42.5 Å². The van der Waals surface area contributed by atoms with Gasteiger partial charge in [0.25, 0.3) is 10.0 Å². The van der Waals surface area contributed by atoms with Crippen molar-refractivity contribution >= 4 is 15.7 Å². The summed E-state index contributed by atoms with van der Waals surface area (Å²) in [5.74, 6) is -5.03. The number of rotatable bonds is 5. The summed E-state index contributed by atoms with van der Waals surface area (Å²) in [4.78, 5) is -0.954. The van der Waals surface area contributed by atoms with Crippen LogP contribution >= 0.6 is 0 Å². The Morgan fingerprint density at radius 3 is 2.00 bits per heavy atom. The van der Waals surface area contributed by atoms with Gasteiger partial charge in [-0.15, -0.1) is 0 Å². The first-order chi connectivity index (χ1) is 12.4.